The first-order valence-electron chi connectivity index (χ1n) is 10.0. The molecule has 2 aliphatic heterocycles. The fraction of sp³-hybridized carbons (Fsp3) is 0.409. The van der Waals surface area contributed by atoms with E-state index in [4.69, 9.17) is 4.98 Å². The normalized spacial score (nSPS) is 19.9. The van der Waals surface area contributed by atoms with E-state index in [1.807, 2.05) is 42.3 Å². The van der Waals surface area contributed by atoms with E-state index >= 15 is 0 Å². The van der Waals surface area contributed by atoms with E-state index in [1.54, 1.807) is 0 Å². The molecule has 0 bridgehead atoms. The molecule has 4 heterocycles. The van der Waals surface area contributed by atoms with Crippen molar-refractivity contribution in [3.63, 3.8) is 0 Å². The number of nitrogens with zero attached hydrogens (tertiary/aromatic N) is 4. The first kappa shape index (κ1) is 17.4. The molecule has 1 unspecified atom stereocenters. The van der Waals surface area contributed by atoms with Crippen LogP contribution in [0.15, 0.2) is 30.5 Å². The Morgan fingerprint density at radius 2 is 2.11 bits per heavy atom. The number of hydrogen-bond donors (Lipinski definition) is 1. The number of aryl methyl sites for hydroxylation is 1. The zero-order valence-electron chi connectivity index (χ0n) is 16.4. The summed E-state index contributed by atoms with van der Waals surface area (Å²) < 4.78 is 0. The van der Waals surface area contributed by atoms with Gasteiger partial charge in [-0.25, -0.2) is 9.97 Å². The van der Waals surface area contributed by atoms with Crippen LogP contribution in [0.3, 0.4) is 0 Å². The Labute approximate surface area is 164 Å². The van der Waals surface area contributed by atoms with Crippen LogP contribution in [0.5, 0.6) is 0 Å². The van der Waals surface area contributed by atoms with Gasteiger partial charge in [0.1, 0.15) is 0 Å². The smallest absolute Gasteiger partial charge is 0.256 e. The number of para-hydroxylation sites is 1. The van der Waals surface area contributed by atoms with Crippen LogP contribution < -0.4 is 0 Å². The molecule has 2 aliphatic rings. The summed E-state index contributed by atoms with van der Waals surface area (Å²) in [6, 6.07) is 7.97. The van der Waals surface area contributed by atoms with Gasteiger partial charge < -0.3 is 14.8 Å². The fourth-order valence-corrected chi connectivity index (χ4v) is 4.61. The predicted octanol–water partition coefficient (Wildman–Crippen LogP) is 3.23. The number of benzene rings is 1. The number of rotatable bonds is 2. The molecule has 1 fully saturated rings. The van der Waals surface area contributed by atoms with E-state index < -0.39 is 0 Å². The summed E-state index contributed by atoms with van der Waals surface area (Å²) in [4.78, 5) is 30.7. The summed E-state index contributed by atoms with van der Waals surface area (Å²) in [6.07, 6.45) is 4.82. The molecule has 1 atom stereocenters. The summed E-state index contributed by atoms with van der Waals surface area (Å²) >= 11 is 0. The van der Waals surface area contributed by atoms with E-state index in [-0.39, 0.29) is 11.9 Å². The number of aromatic amines is 1. The van der Waals surface area contributed by atoms with Crippen molar-refractivity contribution >= 4 is 16.8 Å². The van der Waals surface area contributed by atoms with Crippen molar-refractivity contribution in [1.29, 1.82) is 0 Å². The molecule has 1 amide bonds. The van der Waals surface area contributed by atoms with Crippen molar-refractivity contribution in [2.75, 3.05) is 20.1 Å². The van der Waals surface area contributed by atoms with Gasteiger partial charge in [-0.15, -0.1) is 0 Å². The first-order chi connectivity index (χ1) is 13.6. The molecular weight excluding hydrogens is 350 g/mol. The van der Waals surface area contributed by atoms with Gasteiger partial charge in [0.25, 0.3) is 5.91 Å². The predicted molar refractivity (Wildman–Crippen MR) is 108 cm³/mol. The van der Waals surface area contributed by atoms with Gasteiger partial charge in [-0.05, 0) is 32.9 Å². The van der Waals surface area contributed by atoms with E-state index in [9.17, 15) is 4.79 Å². The highest BCUT2D eigenvalue weighted by Gasteiger charge is 2.34. The number of likely N-dealkylation sites (tertiary alicyclic amines) is 1. The Morgan fingerprint density at radius 1 is 1.25 bits per heavy atom. The molecule has 6 nitrogen and oxygen atoms in total. The van der Waals surface area contributed by atoms with Crippen molar-refractivity contribution in [2.45, 2.75) is 38.8 Å². The third-order valence-corrected chi connectivity index (χ3v) is 6.06. The maximum Gasteiger partial charge on any atom is 0.256 e. The Morgan fingerprint density at radius 3 is 3.00 bits per heavy atom. The van der Waals surface area contributed by atoms with E-state index in [0.717, 1.165) is 72.6 Å². The topological polar surface area (TPSA) is 65.1 Å². The number of hydrogen-bond acceptors (Lipinski definition) is 4. The Bertz CT molecular complexity index is 1060. The molecule has 6 heteroatoms. The second-order valence-electron chi connectivity index (χ2n) is 8.02. The average Bonchev–Trinajstić information content (AvgIpc) is 3.31. The average molecular weight is 375 g/mol. The molecule has 28 heavy (non-hydrogen) atoms. The lowest BCUT2D eigenvalue weighted by atomic mass is 10.1. The third kappa shape index (κ3) is 2.79. The monoisotopic (exact) mass is 375 g/mol. The molecule has 1 saturated heterocycles. The van der Waals surface area contributed by atoms with Crippen LogP contribution in [-0.4, -0.2) is 50.8 Å². The standard InChI is InChI=1S/C22H25N5O/c1-14-20(16-6-3-4-7-18(16)24-14)22(28)27-10-5-8-19(27)21-23-12-15-13-26(2)11-9-17(15)25-21/h3-4,6-7,12,19,24H,5,8-11,13H2,1-2H3. The van der Waals surface area contributed by atoms with Gasteiger partial charge >= 0.3 is 0 Å². The Hall–Kier alpha value is -2.73. The lowest BCUT2D eigenvalue weighted by Gasteiger charge is -2.27. The number of carbonyl (C=O) groups is 1. The molecule has 0 saturated carbocycles. The molecule has 3 aromatic rings. The first-order valence-corrected chi connectivity index (χ1v) is 10.0. The lowest BCUT2D eigenvalue weighted by molar-refractivity contribution is 0.0731. The maximum atomic E-state index is 13.5. The molecule has 1 N–H and O–H groups in total. The molecule has 0 spiro atoms. The number of carbonyl (C=O) groups excluding carboxylic acids is 1. The molecular formula is C22H25N5O. The van der Waals surface area contributed by atoms with Gasteiger partial charge in [-0.3, -0.25) is 4.79 Å². The molecule has 2 aromatic heterocycles. The van der Waals surface area contributed by atoms with Crippen LogP contribution in [0, 0.1) is 6.92 Å². The van der Waals surface area contributed by atoms with Gasteiger partial charge in [-0.1, -0.05) is 18.2 Å². The van der Waals surface area contributed by atoms with E-state index in [0.29, 0.717) is 0 Å². The highest BCUT2D eigenvalue weighted by Crippen LogP contribution is 2.34. The highest BCUT2D eigenvalue weighted by molar-refractivity contribution is 6.08. The molecule has 1 aromatic carbocycles. The fourth-order valence-electron chi connectivity index (χ4n) is 4.61. The second-order valence-corrected chi connectivity index (χ2v) is 8.02. The number of amides is 1. The van der Waals surface area contributed by atoms with Crippen LogP contribution in [0.4, 0.5) is 0 Å². The number of H-pyrrole nitrogens is 1. The van der Waals surface area contributed by atoms with Crippen LogP contribution >= 0.6 is 0 Å². The van der Waals surface area contributed by atoms with Crippen molar-refractivity contribution in [3.8, 4) is 0 Å². The summed E-state index contributed by atoms with van der Waals surface area (Å²) in [5.41, 5.74) is 5.06. The van der Waals surface area contributed by atoms with Crippen LogP contribution in [-0.2, 0) is 13.0 Å². The number of fused-ring (bicyclic) bond motifs is 2. The Balaban J connectivity index is 1.49. The Kier molecular flexibility index (Phi) is 4.16. The zero-order chi connectivity index (χ0) is 19.3. The van der Waals surface area contributed by atoms with Gasteiger partial charge in [0.2, 0.25) is 0 Å². The van der Waals surface area contributed by atoms with Gasteiger partial charge in [0.05, 0.1) is 11.6 Å². The maximum absolute atomic E-state index is 13.5. The molecule has 144 valence electrons. The molecule has 0 radical (unpaired) electrons. The SMILES string of the molecule is Cc1[nH]c2ccccc2c1C(=O)N1CCCC1c1ncc2c(n1)CCN(C)C2. The van der Waals surface area contributed by atoms with Crippen molar-refractivity contribution in [3.05, 3.63) is 58.8 Å². The third-order valence-electron chi connectivity index (χ3n) is 6.06. The lowest BCUT2D eigenvalue weighted by Crippen LogP contribution is -2.33. The molecule has 0 aliphatic carbocycles. The van der Waals surface area contributed by atoms with Crippen molar-refractivity contribution < 1.29 is 4.79 Å². The van der Waals surface area contributed by atoms with Gasteiger partial charge in [0, 0.05) is 60.1 Å². The van der Waals surface area contributed by atoms with Crippen molar-refractivity contribution in [1.82, 2.24) is 24.8 Å². The second kappa shape index (κ2) is 6.71. The van der Waals surface area contributed by atoms with Crippen LogP contribution in [0.2, 0.25) is 0 Å². The summed E-state index contributed by atoms with van der Waals surface area (Å²) in [6.45, 7) is 4.65. The van der Waals surface area contributed by atoms with Crippen LogP contribution in [0.25, 0.3) is 10.9 Å². The van der Waals surface area contributed by atoms with Gasteiger partial charge in [-0.2, -0.15) is 0 Å². The van der Waals surface area contributed by atoms with Crippen LogP contribution in [0.1, 0.15) is 52.0 Å². The molecule has 5 rings (SSSR count). The number of likely N-dealkylation sites (N-methyl/N-ethyl adjacent to an activating group) is 1. The minimum absolute atomic E-state index is 0.0366. The highest BCUT2D eigenvalue weighted by atomic mass is 16.2. The minimum atomic E-state index is -0.0366. The number of aromatic nitrogens is 3. The quantitative estimate of drug-likeness (QED) is 0.747. The largest absolute Gasteiger partial charge is 0.358 e. The zero-order valence-corrected chi connectivity index (χ0v) is 16.4. The minimum Gasteiger partial charge on any atom is -0.358 e. The number of nitrogens with one attached hydrogen (secondary N) is 1. The van der Waals surface area contributed by atoms with E-state index in [1.165, 1.54) is 5.56 Å². The summed E-state index contributed by atoms with van der Waals surface area (Å²) in [7, 11) is 2.12. The van der Waals surface area contributed by atoms with E-state index in [2.05, 4.69) is 21.9 Å². The van der Waals surface area contributed by atoms with Gasteiger partial charge in [0.15, 0.2) is 5.82 Å². The summed E-state index contributed by atoms with van der Waals surface area (Å²) in [5.74, 6) is 0.880. The summed E-state index contributed by atoms with van der Waals surface area (Å²) in [5, 5.41) is 0.991. The van der Waals surface area contributed by atoms with Crippen molar-refractivity contribution in [2.24, 2.45) is 0 Å².